The summed E-state index contributed by atoms with van der Waals surface area (Å²) in [6.45, 7) is 1.71. The van der Waals surface area contributed by atoms with Gasteiger partial charge in [0, 0.05) is 10.8 Å². The molecule has 4 nitrogen and oxygen atoms in total. The van der Waals surface area contributed by atoms with E-state index in [1.54, 1.807) is 23.9 Å². The lowest BCUT2D eigenvalue weighted by Crippen LogP contribution is -2.02. The Kier molecular flexibility index (Phi) is 2.94. The van der Waals surface area contributed by atoms with Crippen LogP contribution in [-0.2, 0) is 0 Å². The van der Waals surface area contributed by atoms with E-state index in [4.69, 9.17) is 0 Å². The SMILES string of the molecule is Cc1cc(F)c2nc(-c3cscn3)cc(C(=O)O)c2c1. The van der Waals surface area contributed by atoms with Crippen LogP contribution in [0.25, 0.3) is 22.3 Å². The maximum absolute atomic E-state index is 14.0. The molecule has 0 radical (unpaired) electrons. The van der Waals surface area contributed by atoms with Crippen LogP contribution in [0, 0.1) is 12.7 Å². The first-order valence-corrected chi connectivity index (χ1v) is 6.73. The van der Waals surface area contributed by atoms with Gasteiger partial charge >= 0.3 is 5.97 Å². The van der Waals surface area contributed by atoms with Crippen molar-refractivity contribution in [1.29, 1.82) is 0 Å². The Morgan fingerprint density at radius 3 is 2.75 bits per heavy atom. The van der Waals surface area contributed by atoms with E-state index >= 15 is 0 Å². The summed E-state index contributed by atoms with van der Waals surface area (Å²) in [6, 6.07) is 4.39. The summed E-state index contributed by atoms with van der Waals surface area (Å²) in [5.74, 6) is -1.64. The maximum Gasteiger partial charge on any atom is 0.336 e. The van der Waals surface area contributed by atoms with Crippen LogP contribution in [0.1, 0.15) is 15.9 Å². The molecule has 0 aliphatic heterocycles. The van der Waals surface area contributed by atoms with Gasteiger partial charge in [-0.05, 0) is 30.7 Å². The molecular formula is C14H9FN2O2S. The van der Waals surface area contributed by atoms with E-state index in [2.05, 4.69) is 9.97 Å². The minimum atomic E-state index is -1.11. The molecule has 0 saturated carbocycles. The number of aryl methyl sites for hydroxylation is 1. The van der Waals surface area contributed by atoms with E-state index < -0.39 is 11.8 Å². The van der Waals surface area contributed by atoms with Gasteiger partial charge in [0.1, 0.15) is 11.3 Å². The van der Waals surface area contributed by atoms with Gasteiger partial charge in [-0.1, -0.05) is 0 Å². The van der Waals surface area contributed by atoms with Crippen LogP contribution in [0.4, 0.5) is 4.39 Å². The Morgan fingerprint density at radius 1 is 1.30 bits per heavy atom. The average molecular weight is 288 g/mol. The Hall–Kier alpha value is -2.34. The third kappa shape index (κ3) is 2.04. The summed E-state index contributed by atoms with van der Waals surface area (Å²) >= 11 is 1.37. The number of carbonyl (C=O) groups is 1. The Balaban J connectivity index is 2.40. The molecule has 2 heterocycles. The van der Waals surface area contributed by atoms with Crippen molar-refractivity contribution in [2.45, 2.75) is 6.92 Å². The molecule has 1 aromatic carbocycles. The maximum atomic E-state index is 14.0. The molecule has 20 heavy (non-hydrogen) atoms. The molecule has 0 spiro atoms. The van der Waals surface area contributed by atoms with Crippen LogP contribution in [0.15, 0.2) is 29.1 Å². The molecule has 0 aliphatic rings. The van der Waals surface area contributed by atoms with E-state index in [1.807, 2.05) is 0 Å². The van der Waals surface area contributed by atoms with Gasteiger partial charge in [-0.15, -0.1) is 11.3 Å². The molecule has 0 unspecified atom stereocenters. The first-order valence-electron chi connectivity index (χ1n) is 5.79. The van der Waals surface area contributed by atoms with Gasteiger partial charge in [-0.3, -0.25) is 0 Å². The number of carboxylic acids is 1. The molecule has 3 aromatic rings. The van der Waals surface area contributed by atoms with Gasteiger partial charge in [0.15, 0.2) is 0 Å². The molecule has 2 aromatic heterocycles. The normalized spacial score (nSPS) is 10.9. The second kappa shape index (κ2) is 4.64. The number of carboxylic acid groups (broad SMARTS) is 1. The van der Waals surface area contributed by atoms with Crippen LogP contribution < -0.4 is 0 Å². The second-order valence-corrected chi connectivity index (χ2v) is 5.10. The molecule has 6 heteroatoms. The summed E-state index contributed by atoms with van der Waals surface area (Å²) in [4.78, 5) is 19.7. The van der Waals surface area contributed by atoms with Crippen LogP contribution in [0.2, 0.25) is 0 Å². The lowest BCUT2D eigenvalue weighted by Gasteiger charge is -2.07. The van der Waals surface area contributed by atoms with E-state index in [1.165, 1.54) is 23.5 Å². The first kappa shape index (κ1) is 12.7. The number of aromatic nitrogens is 2. The second-order valence-electron chi connectivity index (χ2n) is 4.38. The van der Waals surface area contributed by atoms with Crippen LogP contribution in [-0.4, -0.2) is 21.0 Å². The standard InChI is InChI=1S/C14H9FN2O2S/c1-7-2-8-9(14(18)19)4-11(12-5-20-6-16-12)17-13(8)10(15)3-7/h2-6H,1H3,(H,18,19). The van der Waals surface area contributed by atoms with Crippen molar-refractivity contribution in [1.82, 2.24) is 9.97 Å². The van der Waals surface area contributed by atoms with E-state index in [-0.39, 0.29) is 11.1 Å². The van der Waals surface area contributed by atoms with Crippen molar-refractivity contribution in [3.63, 3.8) is 0 Å². The molecule has 0 atom stereocenters. The number of pyridine rings is 1. The van der Waals surface area contributed by atoms with Crippen LogP contribution >= 0.6 is 11.3 Å². The van der Waals surface area contributed by atoms with E-state index in [9.17, 15) is 14.3 Å². The highest BCUT2D eigenvalue weighted by atomic mass is 32.1. The van der Waals surface area contributed by atoms with Crippen molar-refractivity contribution in [2.24, 2.45) is 0 Å². The molecule has 0 aliphatic carbocycles. The van der Waals surface area contributed by atoms with Gasteiger partial charge in [0.25, 0.3) is 0 Å². The van der Waals surface area contributed by atoms with Crippen molar-refractivity contribution in [3.8, 4) is 11.4 Å². The predicted molar refractivity (Wildman–Crippen MR) is 74.5 cm³/mol. The number of benzene rings is 1. The van der Waals surface area contributed by atoms with Gasteiger partial charge in [-0.25, -0.2) is 19.2 Å². The smallest absolute Gasteiger partial charge is 0.336 e. The minimum absolute atomic E-state index is 0.0283. The molecule has 3 rings (SSSR count). The summed E-state index contributed by atoms with van der Waals surface area (Å²) in [5.41, 5.74) is 3.26. The number of aromatic carboxylic acids is 1. The van der Waals surface area contributed by atoms with Crippen molar-refractivity contribution < 1.29 is 14.3 Å². The topological polar surface area (TPSA) is 63.1 Å². The first-order chi connectivity index (χ1) is 9.56. The Labute approximate surface area is 117 Å². The number of hydrogen-bond donors (Lipinski definition) is 1. The third-order valence-corrected chi connectivity index (χ3v) is 3.52. The average Bonchev–Trinajstić information content (AvgIpc) is 2.91. The predicted octanol–water partition coefficient (Wildman–Crippen LogP) is 3.50. The van der Waals surface area contributed by atoms with E-state index in [0.717, 1.165) is 0 Å². The van der Waals surface area contributed by atoms with E-state index in [0.29, 0.717) is 22.3 Å². The minimum Gasteiger partial charge on any atom is -0.478 e. The molecular weight excluding hydrogens is 279 g/mol. The highest BCUT2D eigenvalue weighted by Gasteiger charge is 2.16. The molecule has 0 saturated heterocycles. The number of nitrogens with zero attached hydrogens (tertiary/aromatic N) is 2. The molecule has 1 N–H and O–H groups in total. The molecule has 0 bridgehead atoms. The highest BCUT2D eigenvalue weighted by molar-refractivity contribution is 7.07. The Morgan fingerprint density at radius 2 is 2.10 bits per heavy atom. The van der Waals surface area contributed by atoms with Gasteiger partial charge in [-0.2, -0.15) is 0 Å². The van der Waals surface area contributed by atoms with Crippen LogP contribution in [0.5, 0.6) is 0 Å². The van der Waals surface area contributed by atoms with Gasteiger partial charge in [0.05, 0.1) is 22.5 Å². The quantitative estimate of drug-likeness (QED) is 0.784. The summed E-state index contributed by atoms with van der Waals surface area (Å²) < 4.78 is 14.0. The number of halogens is 1. The lowest BCUT2D eigenvalue weighted by molar-refractivity contribution is 0.0699. The number of thiazole rings is 1. The number of fused-ring (bicyclic) bond motifs is 1. The fourth-order valence-electron chi connectivity index (χ4n) is 2.07. The molecule has 0 amide bonds. The summed E-state index contributed by atoms with van der Waals surface area (Å²) in [7, 11) is 0. The zero-order chi connectivity index (χ0) is 14.3. The van der Waals surface area contributed by atoms with Crippen molar-refractivity contribution >= 4 is 28.2 Å². The zero-order valence-corrected chi connectivity index (χ0v) is 11.2. The van der Waals surface area contributed by atoms with Gasteiger partial charge < -0.3 is 5.11 Å². The molecule has 100 valence electrons. The lowest BCUT2D eigenvalue weighted by atomic mass is 10.0. The Bertz CT molecular complexity index is 816. The fourth-order valence-corrected chi connectivity index (χ4v) is 2.61. The largest absolute Gasteiger partial charge is 0.478 e. The van der Waals surface area contributed by atoms with Crippen molar-refractivity contribution in [3.05, 3.63) is 46.0 Å². The summed E-state index contributed by atoms with van der Waals surface area (Å²) in [5, 5.41) is 11.4. The zero-order valence-electron chi connectivity index (χ0n) is 10.4. The van der Waals surface area contributed by atoms with Crippen LogP contribution in [0.3, 0.4) is 0 Å². The monoisotopic (exact) mass is 288 g/mol. The highest BCUT2D eigenvalue weighted by Crippen LogP contribution is 2.27. The fraction of sp³-hybridized carbons (Fsp3) is 0.0714. The van der Waals surface area contributed by atoms with Crippen molar-refractivity contribution in [2.75, 3.05) is 0 Å². The number of hydrogen-bond acceptors (Lipinski definition) is 4. The van der Waals surface area contributed by atoms with Gasteiger partial charge in [0.2, 0.25) is 0 Å². The summed E-state index contributed by atoms with van der Waals surface area (Å²) in [6.07, 6.45) is 0. The number of rotatable bonds is 2. The third-order valence-electron chi connectivity index (χ3n) is 2.94. The molecule has 0 fully saturated rings.